The second-order valence-electron chi connectivity index (χ2n) is 3.48. The standard InChI is InChI=1S/C10H11F3N2/c11-7-2-1-6(9(12)10(7)13)8-5-14-3-4-15-8/h1-2,8,14-15H,3-5H2. The third kappa shape index (κ3) is 1.98. The third-order valence-corrected chi connectivity index (χ3v) is 2.48. The number of halogens is 3. The lowest BCUT2D eigenvalue weighted by Gasteiger charge is -2.25. The van der Waals surface area contributed by atoms with Crippen LogP contribution in [0, 0.1) is 17.5 Å². The van der Waals surface area contributed by atoms with E-state index in [1.165, 1.54) is 6.07 Å². The zero-order valence-electron chi connectivity index (χ0n) is 7.99. The molecular weight excluding hydrogens is 205 g/mol. The van der Waals surface area contributed by atoms with Gasteiger partial charge in [0.25, 0.3) is 0 Å². The van der Waals surface area contributed by atoms with Crippen LogP contribution in [0.4, 0.5) is 13.2 Å². The minimum Gasteiger partial charge on any atom is -0.314 e. The lowest BCUT2D eigenvalue weighted by Crippen LogP contribution is -2.43. The summed E-state index contributed by atoms with van der Waals surface area (Å²) in [6, 6.07) is 1.93. The van der Waals surface area contributed by atoms with E-state index in [9.17, 15) is 13.2 Å². The number of rotatable bonds is 1. The van der Waals surface area contributed by atoms with E-state index in [-0.39, 0.29) is 11.6 Å². The fraction of sp³-hybridized carbons (Fsp3) is 0.400. The van der Waals surface area contributed by atoms with Crippen molar-refractivity contribution >= 4 is 0 Å². The molecule has 2 N–H and O–H groups in total. The SMILES string of the molecule is Fc1ccc(C2CNCCN2)c(F)c1F. The highest BCUT2D eigenvalue weighted by molar-refractivity contribution is 5.24. The van der Waals surface area contributed by atoms with Gasteiger partial charge in [-0.2, -0.15) is 0 Å². The molecule has 1 aliphatic rings. The second kappa shape index (κ2) is 4.20. The van der Waals surface area contributed by atoms with Gasteiger partial charge in [-0.15, -0.1) is 0 Å². The van der Waals surface area contributed by atoms with Crippen LogP contribution in [-0.2, 0) is 0 Å². The summed E-state index contributed by atoms with van der Waals surface area (Å²) in [6.45, 7) is 1.99. The van der Waals surface area contributed by atoms with Crippen LogP contribution in [0.2, 0.25) is 0 Å². The van der Waals surface area contributed by atoms with E-state index >= 15 is 0 Å². The van der Waals surface area contributed by atoms with Crippen LogP contribution in [0.15, 0.2) is 12.1 Å². The summed E-state index contributed by atoms with van der Waals surface area (Å²) < 4.78 is 39.0. The van der Waals surface area contributed by atoms with Gasteiger partial charge in [-0.25, -0.2) is 13.2 Å². The Morgan fingerprint density at radius 2 is 1.87 bits per heavy atom. The van der Waals surface area contributed by atoms with Crippen LogP contribution in [-0.4, -0.2) is 19.6 Å². The summed E-state index contributed by atoms with van der Waals surface area (Å²) in [5, 5.41) is 6.08. The van der Waals surface area contributed by atoms with Crippen molar-refractivity contribution in [3.63, 3.8) is 0 Å². The molecule has 0 bridgehead atoms. The molecule has 2 nitrogen and oxygen atoms in total. The molecule has 1 aromatic rings. The fourth-order valence-corrected chi connectivity index (χ4v) is 1.68. The number of nitrogens with one attached hydrogen (secondary N) is 2. The molecule has 1 atom stereocenters. The Morgan fingerprint density at radius 1 is 1.07 bits per heavy atom. The van der Waals surface area contributed by atoms with Crippen LogP contribution >= 0.6 is 0 Å². The van der Waals surface area contributed by atoms with Crippen molar-refractivity contribution in [1.29, 1.82) is 0 Å². The molecule has 0 aliphatic carbocycles. The molecule has 0 aromatic heterocycles. The predicted molar refractivity (Wildman–Crippen MR) is 49.9 cm³/mol. The van der Waals surface area contributed by atoms with Gasteiger partial charge in [-0.3, -0.25) is 0 Å². The van der Waals surface area contributed by atoms with E-state index in [0.717, 1.165) is 12.6 Å². The van der Waals surface area contributed by atoms with Gasteiger partial charge < -0.3 is 10.6 Å². The van der Waals surface area contributed by atoms with Crippen molar-refractivity contribution < 1.29 is 13.2 Å². The molecule has 1 saturated heterocycles. The Balaban J connectivity index is 2.31. The smallest absolute Gasteiger partial charge is 0.194 e. The summed E-state index contributed by atoms with van der Waals surface area (Å²) in [5.74, 6) is -3.66. The maximum Gasteiger partial charge on any atom is 0.194 e. The highest BCUT2D eigenvalue weighted by Gasteiger charge is 2.21. The summed E-state index contributed by atoms with van der Waals surface area (Å²) in [5.41, 5.74) is 0.168. The van der Waals surface area contributed by atoms with Gasteiger partial charge in [0.15, 0.2) is 17.5 Å². The molecule has 1 aromatic carbocycles. The fourth-order valence-electron chi connectivity index (χ4n) is 1.68. The first-order valence-corrected chi connectivity index (χ1v) is 4.77. The van der Waals surface area contributed by atoms with Crippen molar-refractivity contribution in [2.75, 3.05) is 19.6 Å². The lowest BCUT2D eigenvalue weighted by atomic mass is 10.0. The maximum atomic E-state index is 13.4. The quantitative estimate of drug-likeness (QED) is 0.692. The van der Waals surface area contributed by atoms with Gasteiger partial charge in [-0.1, -0.05) is 6.07 Å². The van der Waals surface area contributed by atoms with Crippen molar-refractivity contribution in [3.05, 3.63) is 35.1 Å². The van der Waals surface area contributed by atoms with Gasteiger partial charge >= 0.3 is 0 Å². The number of piperazine rings is 1. The van der Waals surface area contributed by atoms with Crippen LogP contribution in [0.3, 0.4) is 0 Å². The van der Waals surface area contributed by atoms with Crippen LogP contribution in [0.1, 0.15) is 11.6 Å². The Kier molecular flexibility index (Phi) is 2.93. The van der Waals surface area contributed by atoms with Gasteiger partial charge in [0.05, 0.1) is 0 Å². The van der Waals surface area contributed by atoms with Crippen LogP contribution in [0.25, 0.3) is 0 Å². The molecule has 1 heterocycles. The lowest BCUT2D eigenvalue weighted by molar-refractivity contribution is 0.393. The van der Waals surface area contributed by atoms with E-state index in [0.29, 0.717) is 13.1 Å². The molecule has 82 valence electrons. The topological polar surface area (TPSA) is 24.1 Å². The Hall–Kier alpha value is -1.07. The summed E-state index contributed by atoms with van der Waals surface area (Å²) in [7, 11) is 0. The first-order chi connectivity index (χ1) is 7.20. The highest BCUT2D eigenvalue weighted by atomic mass is 19.2. The summed E-state index contributed by atoms with van der Waals surface area (Å²) in [4.78, 5) is 0. The zero-order chi connectivity index (χ0) is 10.8. The van der Waals surface area contributed by atoms with Gasteiger partial charge in [0, 0.05) is 31.2 Å². The predicted octanol–water partition coefficient (Wildman–Crippen LogP) is 1.34. The average Bonchev–Trinajstić information content (AvgIpc) is 2.27. The van der Waals surface area contributed by atoms with Gasteiger partial charge in [0.1, 0.15) is 0 Å². The van der Waals surface area contributed by atoms with Crippen LogP contribution in [0.5, 0.6) is 0 Å². The molecule has 1 unspecified atom stereocenters. The molecule has 2 rings (SSSR count). The zero-order valence-corrected chi connectivity index (χ0v) is 7.99. The minimum absolute atomic E-state index is 0.168. The van der Waals surface area contributed by atoms with E-state index in [2.05, 4.69) is 10.6 Å². The number of hydrogen-bond donors (Lipinski definition) is 2. The Labute approximate surface area is 85.5 Å². The Bertz CT molecular complexity index is 362. The molecule has 1 fully saturated rings. The van der Waals surface area contributed by atoms with E-state index < -0.39 is 17.5 Å². The first kappa shape index (κ1) is 10.4. The van der Waals surface area contributed by atoms with E-state index in [1.54, 1.807) is 0 Å². The average molecular weight is 216 g/mol. The van der Waals surface area contributed by atoms with E-state index in [1.807, 2.05) is 0 Å². The van der Waals surface area contributed by atoms with Crippen molar-refractivity contribution in [2.24, 2.45) is 0 Å². The third-order valence-electron chi connectivity index (χ3n) is 2.48. The molecule has 1 aliphatic heterocycles. The summed E-state index contributed by atoms with van der Waals surface area (Å²) in [6.07, 6.45) is 0. The summed E-state index contributed by atoms with van der Waals surface area (Å²) >= 11 is 0. The van der Waals surface area contributed by atoms with Crippen molar-refractivity contribution in [3.8, 4) is 0 Å². The van der Waals surface area contributed by atoms with Gasteiger partial charge in [0.2, 0.25) is 0 Å². The number of hydrogen-bond acceptors (Lipinski definition) is 2. The monoisotopic (exact) mass is 216 g/mol. The molecule has 15 heavy (non-hydrogen) atoms. The highest BCUT2D eigenvalue weighted by Crippen LogP contribution is 2.21. The number of benzene rings is 1. The second-order valence-corrected chi connectivity index (χ2v) is 3.48. The van der Waals surface area contributed by atoms with Crippen molar-refractivity contribution in [1.82, 2.24) is 10.6 Å². The Morgan fingerprint density at radius 3 is 2.53 bits per heavy atom. The van der Waals surface area contributed by atoms with E-state index in [4.69, 9.17) is 0 Å². The molecule has 0 saturated carbocycles. The molecule has 0 amide bonds. The minimum atomic E-state index is -1.40. The molecule has 0 radical (unpaired) electrons. The van der Waals surface area contributed by atoms with Crippen LogP contribution < -0.4 is 10.6 Å². The normalized spacial score (nSPS) is 21.7. The van der Waals surface area contributed by atoms with Gasteiger partial charge in [-0.05, 0) is 6.07 Å². The molecular formula is C10H11F3N2. The maximum absolute atomic E-state index is 13.4. The van der Waals surface area contributed by atoms with Crippen molar-refractivity contribution in [2.45, 2.75) is 6.04 Å². The largest absolute Gasteiger partial charge is 0.314 e. The molecule has 5 heteroatoms. The molecule has 0 spiro atoms. The first-order valence-electron chi connectivity index (χ1n) is 4.77.